The predicted octanol–water partition coefficient (Wildman–Crippen LogP) is 5.89. The maximum atomic E-state index is 14.1. The van der Waals surface area contributed by atoms with E-state index in [1.165, 1.54) is 12.1 Å². The first-order chi connectivity index (χ1) is 16.9. The fourth-order valence-electron chi connectivity index (χ4n) is 4.19. The van der Waals surface area contributed by atoms with Crippen molar-refractivity contribution >= 4 is 28.3 Å². The van der Waals surface area contributed by atoms with Gasteiger partial charge in [0.25, 0.3) is 5.91 Å². The third-order valence-corrected chi connectivity index (χ3v) is 5.79. The summed E-state index contributed by atoms with van der Waals surface area (Å²) in [7, 11) is 0. The average Bonchev–Trinajstić information content (AvgIpc) is 3.40. The number of ether oxygens (including phenoxy) is 1. The molecule has 0 radical (unpaired) electrons. The van der Waals surface area contributed by atoms with Crippen molar-refractivity contribution in [1.82, 2.24) is 0 Å². The van der Waals surface area contributed by atoms with Crippen molar-refractivity contribution in [3.63, 3.8) is 0 Å². The fourth-order valence-corrected chi connectivity index (χ4v) is 4.19. The smallest absolute Gasteiger partial charge is 0.294 e. The second-order valence-corrected chi connectivity index (χ2v) is 7.92. The Morgan fingerprint density at radius 2 is 1.77 bits per heavy atom. The number of fused-ring (bicyclic) bond motifs is 1. The first kappa shape index (κ1) is 22.3. The van der Waals surface area contributed by atoms with Crippen molar-refractivity contribution in [2.45, 2.75) is 13.0 Å². The van der Waals surface area contributed by atoms with E-state index < -0.39 is 35.1 Å². The summed E-state index contributed by atoms with van der Waals surface area (Å²) in [4.78, 5) is 27.8. The van der Waals surface area contributed by atoms with Gasteiger partial charge in [0.2, 0.25) is 5.78 Å². The number of benzene rings is 3. The van der Waals surface area contributed by atoms with Crippen molar-refractivity contribution in [1.29, 1.82) is 0 Å². The molecule has 1 unspecified atom stereocenters. The molecule has 0 saturated carbocycles. The Hall–Kier alpha value is -4.46. The van der Waals surface area contributed by atoms with Crippen LogP contribution in [0.2, 0.25) is 0 Å². The molecule has 1 N–H and O–H groups in total. The normalized spacial score (nSPS) is 15.8. The van der Waals surface area contributed by atoms with Crippen molar-refractivity contribution in [3.05, 3.63) is 107 Å². The van der Waals surface area contributed by atoms with Crippen LogP contribution in [0, 0.1) is 11.6 Å². The summed E-state index contributed by atoms with van der Waals surface area (Å²) in [5.74, 6) is -4.17. The highest BCUT2D eigenvalue weighted by Gasteiger charge is 2.45. The first-order valence-electron chi connectivity index (χ1n) is 10.9. The Labute approximate surface area is 198 Å². The lowest BCUT2D eigenvalue weighted by Gasteiger charge is -2.27. The van der Waals surface area contributed by atoms with E-state index in [0.29, 0.717) is 28.9 Å². The van der Waals surface area contributed by atoms with Crippen LogP contribution in [-0.4, -0.2) is 23.4 Å². The van der Waals surface area contributed by atoms with Crippen LogP contribution in [0.25, 0.3) is 11.0 Å². The van der Waals surface area contributed by atoms with Crippen LogP contribution < -0.4 is 9.64 Å². The molecule has 1 atom stereocenters. The van der Waals surface area contributed by atoms with Crippen LogP contribution >= 0.6 is 0 Å². The largest absolute Gasteiger partial charge is 0.503 e. The third-order valence-electron chi connectivity index (χ3n) is 5.79. The highest BCUT2D eigenvalue weighted by molar-refractivity contribution is 6.20. The second-order valence-electron chi connectivity index (χ2n) is 7.92. The van der Waals surface area contributed by atoms with E-state index in [1.54, 1.807) is 48.5 Å². The minimum Gasteiger partial charge on any atom is -0.503 e. The van der Waals surface area contributed by atoms with Gasteiger partial charge < -0.3 is 14.3 Å². The minimum absolute atomic E-state index is 0.0215. The van der Waals surface area contributed by atoms with Gasteiger partial charge in [0.1, 0.15) is 11.3 Å². The average molecular weight is 475 g/mol. The van der Waals surface area contributed by atoms with Gasteiger partial charge in [-0.05, 0) is 48.9 Å². The Morgan fingerprint density at radius 3 is 2.46 bits per heavy atom. The van der Waals surface area contributed by atoms with Gasteiger partial charge >= 0.3 is 0 Å². The number of hydrogen-bond donors (Lipinski definition) is 1. The Morgan fingerprint density at radius 1 is 1.03 bits per heavy atom. The lowest BCUT2D eigenvalue weighted by atomic mass is 9.94. The van der Waals surface area contributed by atoms with E-state index in [0.717, 1.165) is 17.0 Å². The van der Waals surface area contributed by atoms with Gasteiger partial charge in [-0.25, -0.2) is 8.78 Å². The van der Waals surface area contributed by atoms with Gasteiger partial charge in [-0.1, -0.05) is 30.3 Å². The highest BCUT2D eigenvalue weighted by Crippen LogP contribution is 2.43. The quantitative estimate of drug-likeness (QED) is 0.352. The van der Waals surface area contributed by atoms with Gasteiger partial charge in [0, 0.05) is 17.1 Å². The highest BCUT2D eigenvalue weighted by atomic mass is 19.2. The van der Waals surface area contributed by atoms with Gasteiger partial charge in [-0.3, -0.25) is 14.5 Å². The zero-order valence-electron chi connectivity index (χ0n) is 18.5. The number of aliphatic hydroxyl groups is 1. The summed E-state index contributed by atoms with van der Waals surface area (Å²) in [5, 5.41) is 11.5. The number of carbonyl (C=O) groups excluding carboxylic acids is 2. The summed E-state index contributed by atoms with van der Waals surface area (Å²) >= 11 is 0. The van der Waals surface area contributed by atoms with Crippen LogP contribution in [0.5, 0.6) is 5.75 Å². The number of carbonyl (C=O) groups is 2. The number of nitrogens with zero attached hydrogens (tertiary/aromatic N) is 1. The molecule has 6 nitrogen and oxygen atoms in total. The molecule has 1 aromatic heterocycles. The molecule has 1 aliphatic heterocycles. The number of ketones is 1. The third kappa shape index (κ3) is 3.82. The predicted molar refractivity (Wildman–Crippen MR) is 124 cm³/mol. The Kier molecular flexibility index (Phi) is 5.56. The number of hydrogen-bond acceptors (Lipinski definition) is 5. The molecular formula is C27H19F2NO5. The lowest BCUT2D eigenvalue weighted by molar-refractivity contribution is -0.117. The number of furan rings is 1. The van der Waals surface area contributed by atoms with Gasteiger partial charge in [-0.15, -0.1) is 0 Å². The molecule has 3 aromatic carbocycles. The van der Waals surface area contributed by atoms with Crippen molar-refractivity contribution in [3.8, 4) is 5.75 Å². The molecule has 35 heavy (non-hydrogen) atoms. The topological polar surface area (TPSA) is 80.0 Å². The molecular weight excluding hydrogens is 456 g/mol. The zero-order chi connectivity index (χ0) is 24.7. The van der Waals surface area contributed by atoms with E-state index >= 15 is 0 Å². The van der Waals surface area contributed by atoms with E-state index in [4.69, 9.17) is 9.15 Å². The number of aliphatic hydroxyl groups excluding tert-OH is 1. The maximum absolute atomic E-state index is 14.1. The molecule has 2 heterocycles. The van der Waals surface area contributed by atoms with E-state index in [-0.39, 0.29) is 17.0 Å². The molecule has 1 aliphatic rings. The minimum atomic E-state index is -1.17. The fraction of sp³-hybridized carbons (Fsp3) is 0.111. The summed E-state index contributed by atoms with van der Waals surface area (Å²) < 4.78 is 38.8. The molecule has 0 saturated heterocycles. The molecule has 5 rings (SSSR count). The van der Waals surface area contributed by atoms with Crippen LogP contribution in [-0.2, 0) is 4.79 Å². The van der Waals surface area contributed by atoms with Crippen LogP contribution in [0.4, 0.5) is 14.5 Å². The molecule has 0 fully saturated rings. The van der Waals surface area contributed by atoms with Crippen LogP contribution in [0.1, 0.15) is 29.1 Å². The summed E-state index contributed by atoms with van der Waals surface area (Å²) in [6, 6.07) is 16.9. The lowest BCUT2D eigenvalue weighted by Crippen LogP contribution is -2.31. The Bertz CT molecular complexity index is 1460. The second kappa shape index (κ2) is 8.72. The standard InChI is InChI=1S/C27H19F2NO5/c1-2-34-18-10-7-15(8-11-18)24-23(25(31)22-13-16-5-3-4-6-21(16)35-22)26(32)27(33)30(24)17-9-12-19(28)20(29)14-17/h3-14,24,32H,2H2,1H3. The number of amides is 1. The number of rotatable bonds is 6. The molecule has 176 valence electrons. The SMILES string of the molecule is CCOc1ccc(C2C(C(=O)c3cc4ccccc4o3)=C(O)C(=O)N2c2ccc(F)c(F)c2)cc1. The van der Waals surface area contributed by atoms with E-state index in [1.807, 2.05) is 6.92 Å². The van der Waals surface area contributed by atoms with Crippen molar-refractivity contribution in [2.75, 3.05) is 11.5 Å². The summed E-state index contributed by atoms with van der Waals surface area (Å²) in [6.45, 7) is 2.28. The Balaban J connectivity index is 1.64. The molecule has 0 aliphatic carbocycles. The monoisotopic (exact) mass is 475 g/mol. The maximum Gasteiger partial charge on any atom is 0.294 e. The number of para-hydroxylation sites is 1. The number of halogens is 2. The molecule has 4 aromatic rings. The zero-order valence-corrected chi connectivity index (χ0v) is 18.5. The molecule has 0 bridgehead atoms. The van der Waals surface area contributed by atoms with Gasteiger partial charge in [0.15, 0.2) is 23.2 Å². The van der Waals surface area contributed by atoms with E-state index in [2.05, 4.69) is 0 Å². The van der Waals surface area contributed by atoms with Crippen LogP contribution in [0.15, 0.2) is 88.5 Å². The van der Waals surface area contributed by atoms with Gasteiger partial charge in [-0.2, -0.15) is 0 Å². The summed E-state index contributed by atoms with van der Waals surface area (Å²) in [6.07, 6.45) is 0. The molecule has 1 amide bonds. The van der Waals surface area contributed by atoms with Crippen molar-refractivity contribution in [2.24, 2.45) is 0 Å². The first-order valence-corrected chi connectivity index (χ1v) is 10.9. The van der Waals surface area contributed by atoms with Crippen molar-refractivity contribution < 1.29 is 32.6 Å². The number of Topliss-reactive ketones (excluding diaryl/α,β-unsaturated/α-hetero) is 1. The summed E-state index contributed by atoms with van der Waals surface area (Å²) in [5.41, 5.74) is 0.667. The number of anilines is 1. The van der Waals surface area contributed by atoms with E-state index in [9.17, 15) is 23.5 Å². The van der Waals surface area contributed by atoms with Gasteiger partial charge in [0.05, 0.1) is 18.2 Å². The van der Waals surface area contributed by atoms with Crippen LogP contribution in [0.3, 0.4) is 0 Å². The molecule has 8 heteroatoms. The molecule has 0 spiro atoms.